The second kappa shape index (κ2) is 11.0. The van der Waals surface area contributed by atoms with Crippen molar-refractivity contribution in [3.8, 4) is 5.75 Å². The molecule has 3 rings (SSSR count). The molecule has 5 nitrogen and oxygen atoms in total. The fraction of sp³-hybridized carbons (Fsp3) is 0.500. The molecule has 1 fully saturated rings. The molecule has 0 radical (unpaired) electrons. The highest BCUT2D eigenvalue weighted by atomic mass is 35.5. The maximum atomic E-state index is 10.3. The lowest BCUT2D eigenvalue weighted by Gasteiger charge is -2.37. The van der Waals surface area contributed by atoms with E-state index < -0.39 is 6.10 Å². The Morgan fingerprint density at radius 3 is 2.37 bits per heavy atom. The van der Waals surface area contributed by atoms with Crippen molar-refractivity contribution >= 4 is 17.3 Å². The zero-order chi connectivity index (χ0) is 21.5. The van der Waals surface area contributed by atoms with Crippen molar-refractivity contribution in [2.45, 2.75) is 26.9 Å². The zero-order valence-electron chi connectivity index (χ0n) is 18.2. The summed E-state index contributed by atoms with van der Waals surface area (Å²) in [5.74, 6) is 0.925. The van der Waals surface area contributed by atoms with Gasteiger partial charge in [-0.05, 0) is 49.6 Å². The summed E-state index contributed by atoms with van der Waals surface area (Å²) in [6.45, 7) is 11.8. The molecule has 1 aliphatic heterocycles. The number of hydrogen-bond acceptors (Lipinski definition) is 5. The molecule has 1 atom stereocenters. The van der Waals surface area contributed by atoms with Crippen LogP contribution in [0.5, 0.6) is 5.75 Å². The average Bonchev–Trinajstić information content (AvgIpc) is 2.72. The summed E-state index contributed by atoms with van der Waals surface area (Å²) >= 11 is 6.16. The highest BCUT2D eigenvalue weighted by Crippen LogP contribution is 2.25. The van der Waals surface area contributed by atoms with Gasteiger partial charge in [-0.15, -0.1) is 0 Å². The Bertz CT molecular complexity index is 802. The topological polar surface area (TPSA) is 45.2 Å². The van der Waals surface area contributed by atoms with Crippen LogP contribution in [0.4, 0.5) is 5.69 Å². The average molecular weight is 433 g/mol. The quantitative estimate of drug-likeness (QED) is 0.610. The van der Waals surface area contributed by atoms with Crippen molar-refractivity contribution in [1.29, 1.82) is 0 Å². The molecule has 2 aromatic rings. The van der Waals surface area contributed by atoms with E-state index in [9.17, 15) is 5.11 Å². The van der Waals surface area contributed by atoms with E-state index >= 15 is 0 Å². The second-order valence-corrected chi connectivity index (χ2v) is 8.45. The monoisotopic (exact) mass is 432 g/mol. The first-order valence-corrected chi connectivity index (χ1v) is 11.0. The van der Waals surface area contributed by atoms with Gasteiger partial charge < -0.3 is 19.5 Å². The van der Waals surface area contributed by atoms with Crippen LogP contribution in [0.1, 0.15) is 16.7 Å². The lowest BCUT2D eigenvalue weighted by atomic mass is 10.1. The molecule has 0 amide bonds. The van der Waals surface area contributed by atoms with Crippen molar-refractivity contribution in [3.63, 3.8) is 0 Å². The molecule has 6 heteroatoms. The van der Waals surface area contributed by atoms with E-state index in [0.29, 0.717) is 26.4 Å². The minimum absolute atomic E-state index is 0.323. The third-order valence-electron chi connectivity index (χ3n) is 5.55. The van der Waals surface area contributed by atoms with Crippen LogP contribution in [-0.2, 0) is 4.74 Å². The molecular formula is C24H33ClN2O3. The number of anilines is 1. The van der Waals surface area contributed by atoms with E-state index in [1.807, 2.05) is 44.2 Å². The number of ether oxygens (including phenoxy) is 2. The number of aliphatic hydroxyl groups is 1. The number of aliphatic hydroxyl groups excluding tert-OH is 1. The molecule has 30 heavy (non-hydrogen) atoms. The van der Waals surface area contributed by atoms with Gasteiger partial charge in [0.2, 0.25) is 0 Å². The molecule has 0 aliphatic carbocycles. The number of aryl methyl sites for hydroxylation is 3. The van der Waals surface area contributed by atoms with Gasteiger partial charge in [-0.25, -0.2) is 0 Å². The normalized spacial score (nSPS) is 16.0. The van der Waals surface area contributed by atoms with Crippen LogP contribution >= 0.6 is 11.6 Å². The van der Waals surface area contributed by atoms with Crippen molar-refractivity contribution in [1.82, 2.24) is 4.90 Å². The molecular weight excluding hydrogens is 400 g/mol. The van der Waals surface area contributed by atoms with Crippen LogP contribution in [-0.4, -0.2) is 68.7 Å². The van der Waals surface area contributed by atoms with Crippen molar-refractivity contribution < 1.29 is 14.6 Å². The van der Waals surface area contributed by atoms with E-state index in [2.05, 4.69) is 22.8 Å². The SMILES string of the molecule is Cc1ccc(Cl)cc1N1CCN(CC(O)COCCOc2c(C)cccc2C)CC1. The van der Waals surface area contributed by atoms with Crippen molar-refractivity contribution in [2.75, 3.05) is 57.4 Å². The molecule has 0 bridgehead atoms. The van der Waals surface area contributed by atoms with E-state index in [1.54, 1.807) is 0 Å². The Hall–Kier alpha value is -1.79. The largest absolute Gasteiger partial charge is 0.491 e. The van der Waals surface area contributed by atoms with Gasteiger partial charge in [-0.3, -0.25) is 4.90 Å². The lowest BCUT2D eigenvalue weighted by Crippen LogP contribution is -2.49. The molecule has 2 aromatic carbocycles. The van der Waals surface area contributed by atoms with Crippen LogP contribution in [0.15, 0.2) is 36.4 Å². The second-order valence-electron chi connectivity index (χ2n) is 8.02. The van der Waals surface area contributed by atoms with Gasteiger partial charge in [0.1, 0.15) is 12.4 Å². The fourth-order valence-electron chi connectivity index (χ4n) is 3.89. The summed E-state index contributed by atoms with van der Waals surface area (Å²) in [5, 5.41) is 11.1. The molecule has 1 heterocycles. The number of piperazine rings is 1. The number of para-hydroxylation sites is 1. The molecule has 1 N–H and O–H groups in total. The van der Waals surface area contributed by atoms with E-state index in [0.717, 1.165) is 48.1 Å². The summed E-state index contributed by atoms with van der Waals surface area (Å²) in [7, 11) is 0. The van der Waals surface area contributed by atoms with Gasteiger partial charge in [0.05, 0.1) is 19.3 Å². The van der Waals surface area contributed by atoms with E-state index in [-0.39, 0.29) is 0 Å². The van der Waals surface area contributed by atoms with Gasteiger partial charge in [0, 0.05) is 43.4 Å². The van der Waals surface area contributed by atoms with Crippen LogP contribution in [0.2, 0.25) is 5.02 Å². The van der Waals surface area contributed by atoms with Gasteiger partial charge in [-0.1, -0.05) is 35.9 Å². The highest BCUT2D eigenvalue weighted by molar-refractivity contribution is 6.30. The Labute approximate surface area is 185 Å². The third kappa shape index (κ3) is 6.35. The molecule has 1 saturated heterocycles. The Balaban J connectivity index is 1.33. The summed E-state index contributed by atoms with van der Waals surface area (Å²) in [4.78, 5) is 4.66. The molecule has 0 aromatic heterocycles. The number of nitrogens with zero attached hydrogens (tertiary/aromatic N) is 2. The number of β-amino-alcohol motifs (C(OH)–C–C–N with tert-alkyl or cyclic N) is 1. The molecule has 0 spiro atoms. The summed E-state index contributed by atoms with van der Waals surface area (Å²) in [6.07, 6.45) is -0.496. The van der Waals surface area contributed by atoms with Crippen molar-refractivity contribution in [2.24, 2.45) is 0 Å². The molecule has 0 saturated carbocycles. The lowest BCUT2D eigenvalue weighted by molar-refractivity contribution is 0.00707. The Kier molecular flexibility index (Phi) is 8.40. The maximum Gasteiger partial charge on any atom is 0.125 e. The van der Waals surface area contributed by atoms with Gasteiger partial charge >= 0.3 is 0 Å². The van der Waals surface area contributed by atoms with Crippen molar-refractivity contribution in [3.05, 3.63) is 58.1 Å². The summed E-state index contributed by atoms with van der Waals surface area (Å²) in [6, 6.07) is 12.1. The molecule has 164 valence electrons. The number of rotatable bonds is 9. The predicted molar refractivity (Wildman–Crippen MR) is 123 cm³/mol. The summed E-state index contributed by atoms with van der Waals surface area (Å²) < 4.78 is 11.5. The fourth-order valence-corrected chi connectivity index (χ4v) is 4.06. The number of benzene rings is 2. The van der Waals surface area contributed by atoms with E-state index in [4.69, 9.17) is 21.1 Å². The van der Waals surface area contributed by atoms with Crippen LogP contribution < -0.4 is 9.64 Å². The minimum atomic E-state index is -0.496. The zero-order valence-corrected chi connectivity index (χ0v) is 19.0. The van der Waals surface area contributed by atoms with Crippen LogP contribution in [0, 0.1) is 20.8 Å². The minimum Gasteiger partial charge on any atom is -0.491 e. The predicted octanol–water partition coefficient (Wildman–Crippen LogP) is 3.84. The first-order valence-electron chi connectivity index (χ1n) is 10.6. The van der Waals surface area contributed by atoms with Crippen LogP contribution in [0.3, 0.4) is 0 Å². The standard InChI is InChI=1S/C24H33ClN2O3/c1-18-7-8-21(25)15-23(18)27-11-9-26(10-12-27)16-22(28)17-29-13-14-30-24-19(2)5-4-6-20(24)3/h4-8,15,22,28H,9-14,16-17H2,1-3H3. The Morgan fingerprint density at radius 1 is 0.967 bits per heavy atom. The first-order chi connectivity index (χ1) is 14.4. The van der Waals surface area contributed by atoms with Gasteiger partial charge in [0.25, 0.3) is 0 Å². The summed E-state index contributed by atoms with van der Waals surface area (Å²) in [5.41, 5.74) is 4.70. The molecule has 1 unspecified atom stereocenters. The first kappa shape index (κ1) is 22.9. The van der Waals surface area contributed by atoms with Gasteiger partial charge in [0.15, 0.2) is 0 Å². The smallest absolute Gasteiger partial charge is 0.125 e. The van der Waals surface area contributed by atoms with Crippen LogP contribution in [0.25, 0.3) is 0 Å². The number of halogens is 1. The maximum absolute atomic E-state index is 10.3. The van der Waals surface area contributed by atoms with Gasteiger partial charge in [-0.2, -0.15) is 0 Å². The third-order valence-corrected chi connectivity index (χ3v) is 5.78. The number of hydrogen-bond donors (Lipinski definition) is 1. The highest BCUT2D eigenvalue weighted by Gasteiger charge is 2.20. The van der Waals surface area contributed by atoms with E-state index in [1.165, 1.54) is 11.3 Å². The Morgan fingerprint density at radius 2 is 1.67 bits per heavy atom. The molecule has 1 aliphatic rings.